The second kappa shape index (κ2) is 6.58. The average Bonchev–Trinajstić information content (AvgIpc) is 3.03. The number of morpholine rings is 1. The predicted octanol–water partition coefficient (Wildman–Crippen LogP) is 2.07. The van der Waals surface area contributed by atoms with Crippen molar-refractivity contribution in [3.8, 4) is 0 Å². The molecule has 0 N–H and O–H groups in total. The normalized spacial score (nSPS) is 25.0. The van der Waals surface area contributed by atoms with Gasteiger partial charge in [-0.15, -0.1) is 0 Å². The number of rotatable bonds is 3. The summed E-state index contributed by atoms with van der Waals surface area (Å²) in [6.07, 6.45) is 2.45. The van der Waals surface area contributed by atoms with Crippen LogP contribution in [0, 0.1) is 0 Å². The van der Waals surface area contributed by atoms with Crippen molar-refractivity contribution >= 4 is 5.91 Å². The van der Waals surface area contributed by atoms with Gasteiger partial charge in [0.05, 0.1) is 12.7 Å². The lowest BCUT2D eigenvalue weighted by atomic mass is 10.0. The summed E-state index contributed by atoms with van der Waals surface area (Å²) in [7, 11) is 0. The van der Waals surface area contributed by atoms with Crippen molar-refractivity contribution in [3.05, 3.63) is 35.9 Å². The van der Waals surface area contributed by atoms with E-state index in [0.717, 1.165) is 44.6 Å². The van der Waals surface area contributed by atoms with E-state index in [-0.39, 0.29) is 18.1 Å². The van der Waals surface area contributed by atoms with Crippen molar-refractivity contribution in [3.63, 3.8) is 0 Å². The van der Waals surface area contributed by atoms with Gasteiger partial charge < -0.3 is 9.64 Å². The fraction of sp³-hybridized carbons (Fsp3) is 0.588. The van der Waals surface area contributed by atoms with Crippen LogP contribution in [0.2, 0.25) is 0 Å². The van der Waals surface area contributed by atoms with Gasteiger partial charge in [0.2, 0.25) is 5.91 Å². The number of carbonyl (C=O) groups excluding carboxylic acids is 1. The molecule has 0 aromatic heterocycles. The molecule has 1 aromatic carbocycles. The van der Waals surface area contributed by atoms with Crippen LogP contribution in [0.15, 0.2) is 30.3 Å². The van der Waals surface area contributed by atoms with Gasteiger partial charge in [0.1, 0.15) is 6.04 Å². The standard InChI is InChI=1S/C17H24N2O2/c1-14-13-19(11-12-21-14)16(15-7-3-2-4-8-15)17(20)18-9-5-6-10-18/h2-4,7-8,14,16H,5-6,9-13H2,1H3. The minimum atomic E-state index is -0.157. The molecule has 2 atom stereocenters. The molecule has 3 rings (SSSR count). The SMILES string of the molecule is CC1CN(C(C(=O)N2CCCC2)c2ccccc2)CCO1. The zero-order valence-corrected chi connectivity index (χ0v) is 12.7. The molecule has 4 nitrogen and oxygen atoms in total. The largest absolute Gasteiger partial charge is 0.376 e. The van der Waals surface area contributed by atoms with Crippen molar-refractivity contribution in [2.75, 3.05) is 32.8 Å². The van der Waals surface area contributed by atoms with Gasteiger partial charge in [-0.2, -0.15) is 0 Å². The molecular weight excluding hydrogens is 264 g/mol. The van der Waals surface area contributed by atoms with Gasteiger partial charge in [-0.3, -0.25) is 9.69 Å². The first-order chi connectivity index (χ1) is 10.3. The van der Waals surface area contributed by atoms with E-state index in [0.29, 0.717) is 6.61 Å². The molecule has 1 aromatic rings. The summed E-state index contributed by atoms with van der Waals surface area (Å²) in [4.78, 5) is 17.3. The van der Waals surface area contributed by atoms with Crippen LogP contribution in [0.5, 0.6) is 0 Å². The van der Waals surface area contributed by atoms with Gasteiger partial charge in [-0.05, 0) is 25.3 Å². The Morgan fingerprint density at radius 3 is 2.57 bits per heavy atom. The van der Waals surface area contributed by atoms with E-state index in [9.17, 15) is 4.79 Å². The highest BCUT2D eigenvalue weighted by molar-refractivity contribution is 5.83. The van der Waals surface area contributed by atoms with Crippen LogP contribution in [0.3, 0.4) is 0 Å². The molecule has 0 saturated carbocycles. The van der Waals surface area contributed by atoms with Crippen molar-refractivity contribution < 1.29 is 9.53 Å². The Kier molecular flexibility index (Phi) is 4.56. The Bertz CT molecular complexity index is 471. The minimum absolute atomic E-state index is 0.157. The van der Waals surface area contributed by atoms with E-state index in [4.69, 9.17) is 4.74 Å². The maximum absolute atomic E-state index is 13.0. The molecule has 2 saturated heterocycles. The third kappa shape index (κ3) is 3.27. The molecule has 21 heavy (non-hydrogen) atoms. The fourth-order valence-electron chi connectivity index (χ4n) is 3.34. The highest BCUT2D eigenvalue weighted by Crippen LogP contribution is 2.27. The second-order valence-electron chi connectivity index (χ2n) is 6.02. The highest BCUT2D eigenvalue weighted by atomic mass is 16.5. The van der Waals surface area contributed by atoms with E-state index < -0.39 is 0 Å². The summed E-state index contributed by atoms with van der Waals surface area (Å²) in [6.45, 7) is 6.24. The summed E-state index contributed by atoms with van der Waals surface area (Å²) in [5.74, 6) is 0.257. The molecular formula is C17H24N2O2. The van der Waals surface area contributed by atoms with Crippen molar-refractivity contribution in [1.29, 1.82) is 0 Å². The lowest BCUT2D eigenvalue weighted by molar-refractivity contribution is -0.139. The lowest BCUT2D eigenvalue weighted by Crippen LogP contribution is -2.48. The minimum Gasteiger partial charge on any atom is -0.376 e. The molecule has 0 radical (unpaired) electrons. The zero-order chi connectivity index (χ0) is 14.7. The summed E-state index contributed by atoms with van der Waals surface area (Å²) in [6, 6.07) is 10.0. The Hall–Kier alpha value is -1.39. The average molecular weight is 288 g/mol. The Morgan fingerprint density at radius 1 is 1.19 bits per heavy atom. The predicted molar refractivity (Wildman–Crippen MR) is 82.0 cm³/mol. The van der Waals surface area contributed by atoms with E-state index in [2.05, 4.69) is 24.0 Å². The monoisotopic (exact) mass is 288 g/mol. The van der Waals surface area contributed by atoms with E-state index in [1.165, 1.54) is 0 Å². The first-order valence-corrected chi connectivity index (χ1v) is 7.95. The van der Waals surface area contributed by atoms with Crippen LogP contribution in [-0.2, 0) is 9.53 Å². The molecule has 0 spiro atoms. The van der Waals surface area contributed by atoms with Crippen molar-refractivity contribution in [2.45, 2.75) is 31.9 Å². The summed E-state index contributed by atoms with van der Waals surface area (Å²) in [5.41, 5.74) is 1.10. The maximum atomic E-state index is 13.0. The smallest absolute Gasteiger partial charge is 0.244 e. The molecule has 2 unspecified atom stereocenters. The molecule has 0 aliphatic carbocycles. The first-order valence-electron chi connectivity index (χ1n) is 7.95. The molecule has 2 fully saturated rings. The quantitative estimate of drug-likeness (QED) is 0.853. The lowest BCUT2D eigenvalue weighted by Gasteiger charge is -2.38. The van der Waals surface area contributed by atoms with E-state index >= 15 is 0 Å². The molecule has 0 bridgehead atoms. The van der Waals surface area contributed by atoms with Crippen LogP contribution < -0.4 is 0 Å². The first kappa shape index (κ1) is 14.5. The van der Waals surface area contributed by atoms with Gasteiger partial charge in [0, 0.05) is 26.2 Å². The van der Waals surface area contributed by atoms with Gasteiger partial charge in [-0.25, -0.2) is 0 Å². The van der Waals surface area contributed by atoms with E-state index in [1.54, 1.807) is 0 Å². The molecule has 4 heteroatoms. The van der Waals surface area contributed by atoms with Crippen LogP contribution in [0.4, 0.5) is 0 Å². The number of carbonyl (C=O) groups is 1. The van der Waals surface area contributed by atoms with Crippen LogP contribution in [0.1, 0.15) is 31.4 Å². The van der Waals surface area contributed by atoms with Crippen molar-refractivity contribution in [2.24, 2.45) is 0 Å². The van der Waals surface area contributed by atoms with Crippen molar-refractivity contribution in [1.82, 2.24) is 9.80 Å². The number of nitrogens with zero attached hydrogens (tertiary/aromatic N) is 2. The number of hydrogen-bond donors (Lipinski definition) is 0. The number of ether oxygens (including phenoxy) is 1. The molecule has 114 valence electrons. The van der Waals surface area contributed by atoms with Gasteiger partial charge in [0.25, 0.3) is 0 Å². The topological polar surface area (TPSA) is 32.8 Å². The van der Waals surface area contributed by atoms with Gasteiger partial charge in [-0.1, -0.05) is 30.3 Å². The van der Waals surface area contributed by atoms with Crippen LogP contribution >= 0.6 is 0 Å². The number of hydrogen-bond acceptors (Lipinski definition) is 3. The molecule has 2 heterocycles. The Morgan fingerprint density at radius 2 is 1.90 bits per heavy atom. The fourth-order valence-corrected chi connectivity index (χ4v) is 3.34. The van der Waals surface area contributed by atoms with Gasteiger partial charge in [0.15, 0.2) is 0 Å². The van der Waals surface area contributed by atoms with Gasteiger partial charge >= 0.3 is 0 Å². The molecule has 2 aliphatic heterocycles. The molecule has 1 amide bonds. The second-order valence-corrected chi connectivity index (χ2v) is 6.02. The number of likely N-dealkylation sites (tertiary alicyclic amines) is 1. The summed E-state index contributed by atoms with van der Waals surface area (Å²) >= 11 is 0. The summed E-state index contributed by atoms with van der Waals surface area (Å²) in [5, 5.41) is 0. The Labute approximate surface area is 126 Å². The third-order valence-corrected chi connectivity index (χ3v) is 4.40. The third-order valence-electron chi connectivity index (χ3n) is 4.40. The maximum Gasteiger partial charge on any atom is 0.244 e. The number of benzene rings is 1. The van der Waals surface area contributed by atoms with E-state index in [1.807, 2.05) is 23.1 Å². The van der Waals surface area contributed by atoms with Crippen LogP contribution in [0.25, 0.3) is 0 Å². The molecule has 2 aliphatic rings. The van der Waals surface area contributed by atoms with Crippen LogP contribution in [-0.4, -0.2) is 54.6 Å². The highest BCUT2D eigenvalue weighted by Gasteiger charge is 2.34. The number of amides is 1. The zero-order valence-electron chi connectivity index (χ0n) is 12.7. The summed E-state index contributed by atoms with van der Waals surface area (Å²) < 4.78 is 5.63. The Balaban J connectivity index is 1.85.